The second kappa shape index (κ2) is 9.07. The molecule has 0 heterocycles. The number of ketones is 2. The summed E-state index contributed by atoms with van der Waals surface area (Å²) < 4.78 is 0. The summed E-state index contributed by atoms with van der Waals surface area (Å²) in [6.45, 7) is 10.6. The van der Waals surface area contributed by atoms with Crippen LogP contribution >= 0.6 is 0 Å². The van der Waals surface area contributed by atoms with E-state index in [0.29, 0.717) is 43.3 Å². The number of Topliss-reactive ketones (excluding diaryl/α,β-unsaturated/α-hetero) is 2. The fourth-order valence-corrected chi connectivity index (χ4v) is 3.09. The van der Waals surface area contributed by atoms with Gasteiger partial charge in [0.15, 0.2) is 0 Å². The highest BCUT2D eigenvalue weighted by Gasteiger charge is 2.17. The summed E-state index contributed by atoms with van der Waals surface area (Å²) in [7, 11) is 0. The van der Waals surface area contributed by atoms with Gasteiger partial charge in [0.1, 0.15) is 11.6 Å². The van der Waals surface area contributed by atoms with Gasteiger partial charge in [-0.15, -0.1) is 0 Å². The Hall–Kier alpha value is -1.18. The van der Waals surface area contributed by atoms with E-state index < -0.39 is 0 Å². The third kappa shape index (κ3) is 7.20. The van der Waals surface area contributed by atoms with Crippen LogP contribution in [0.4, 0.5) is 0 Å². The van der Waals surface area contributed by atoms with E-state index in [-0.39, 0.29) is 11.7 Å². The van der Waals surface area contributed by atoms with Crippen molar-refractivity contribution in [2.75, 3.05) is 0 Å². The maximum absolute atomic E-state index is 12.1. The summed E-state index contributed by atoms with van der Waals surface area (Å²) in [5.41, 5.74) is 2.53. The Balaban J connectivity index is 2.92. The molecular formula is C20H32O2. The quantitative estimate of drug-likeness (QED) is 0.660. The highest BCUT2D eigenvalue weighted by Crippen LogP contribution is 2.23. The predicted octanol–water partition coefficient (Wildman–Crippen LogP) is 5.28. The zero-order valence-corrected chi connectivity index (χ0v) is 14.9. The van der Waals surface area contributed by atoms with Gasteiger partial charge < -0.3 is 0 Å². The van der Waals surface area contributed by atoms with Crippen molar-refractivity contribution in [2.45, 2.75) is 73.1 Å². The maximum atomic E-state index is 12.1. The first kappa shape index (κ1) is 18.9. The van der Waals surface area contributed by atoms with Crippen LogP contribution < -0.4 is 0 Å². The van der Waals surface area contributed by atoms with Crippen molar-refractivity contribution in [1.29, 1.82) is 0 Å². The highest BCUT2D eigenvalue weighted by atomic mass is 16.1. The van der Waals surface area contributed by atoms with Crippen molar-refractivity contribution in [3.63, 3.8) is 0 Å². The van der Waals surface area contributed by atoms with E-state index in [1.807, 2.05) is 13.8 Å². The first-order valence-electron chi connectivity index (χ1n) is 8.67. The van der Waals surface area contributed by atoms with E-state index in [9.17, 15) is 9.59 Å². The minimum Gasteiger partial charge on any atom is -0.300 e. The molecule has 0 bridgehead atoms. The Kier molecular flexibility index (Phi) is 7.78. The van der Waals surface area contributed by atoms with Crippen LogP contribution in [-0.2, 0) is 9.59 Å². The third-order valence-corrected chi connectivity index (χ3v) is 4.45. The Morgan fingerprint density at radius 3 is 2.18 bits per heavy atom. The van der Waals surface area contributed by atoms with Gasteiger partial charge >= 0.3 is 0 Å². The van der Waals surface area contributed by atoms with Crippen molar-refractivity contribution >= 4 is 11.6 Å². The number of carbonyl (C=O) groups excluding carboxylic acids is 2. The van der Waals surface area contributed by atoms with Crippen LogP contribution in [0.2, 0.25) is 0 Å². The lowest BCUT2D eigenvalue weighted by molar-refractivity contribution is -0.121. The molecule has 0 N–H and O–H groups in total. The zero-order chi connectivity index (χ0) is 16.7. The molecule has 124 valence electrons. The van der Waals surface area contributed by atoms with Gasteiger partial charge in [-0.05, 0) is 37.5 Å². The van der Waals surface area contributed by atoms with Gasteiger partial charge in [-0.25, -0.2) is 0 Å². The van der Waals surface area contributed by atoms with Crippen LogP contribution in [0.5, 0.6) is 0 Å². The van der Waals surface area contributed by atoms with Crippen LogP contribution in [0.1, 0.15) is 73.1 Å². The molecule has 0 saturated heterocycles. The second-order valence-electron chi connectivity index (χ2n) is 7.52. The molecule has 2 heteroatoms. The van der Waals surface area contributed by atoms with Gasteiger partial charge in [0.25, 0.3) is 0 Å². The first-order chi connectivity index (χ1) is 10.3. The van der Waals surface area contributed by atoms with Crippen LogP contribution in [0.25, 0.3) is 0 Å². The van der Waals surface area contributed by atoms with E-state index >= 15 is 0 Å². The Bertz CT molecular complexity index is 454. The van der Waals surface area contributed by atoms with Crippen LogP contribution in [0.15, 0.2) is 23.3 Å². The maximum Gasteiger partial charge on any atom is 0.137 e. The summed E-state index contributed by atoms with van der Waals surface area (Å²) in [6.07, 6.45) is 8.64. The molecule has 0 aromatic heterocycles. The number of allylic oxidation sites excluding steroid dienone is 4. The average Bonchev–Trinajstić information content (AvgIpc) is 2.36. The molecule has 0 aromatic rings. The molecule has 0 amide bonds. The largest absolute Gasteiger partial charge is 0.300 e. The van der Waals surface area contributed by atoms with E-state index in [1.54, 1.807) is 0 Å². The van der Waals surface area contributed by atoms with Crippen LogP contribution in [0, 0.1) is 17.8 Å². The van der Waals surface area contributed by atoms with E-state index in [0.717, 1.165) is 18.4 Å². The van der Waals surface area contributed by atoms with Crippen LogP contribution in [-0.4, -0.2) is 11.6 Å². The number of carbonyl (C=O) groups is 2. The molecule has 1 rings (SSSR count). The number of hydrogen-bond donors (Lipinski definition) is 0. The van der Waals surface area contributed by atoms with Crippen molar-refractivity contribution in [3.05, 3.63) is 23.3 Å². The van der Waals surface area contributed by atoms with Gasteiger partial charge in [0.2, 0.25) is 0 Å². The number of rotatable bonds is 1. The van der Waals surface area contributed by atoms with E-state index in [2.05, 4.69) is 32.9 Å². The molecule has 0 aromatic carbocycles. The normalized spacial score (nSPS) is 31.2. The van der Waals surface area contributed by atoms with Gasteiger partial charge in [0, 0.05) is 25.7 Å². The fraction of sp³-hybridized carbons (Fsp3) is 0.700. The van der Waals surface area contributed by atoms with Gasteiger partial charge in [-0.2, -0.15) is 0 Å². The first-order valence-corrected chi connectivity index (χ1v) is 8.67. The molecule has 2 nitrogen and oxygen atoms in total. The lowest BCUT2D eigenvalue weighted by atomic mass is 9.88. The lowest BCUT2D eigenvalue weighted by Crippen LogP contribution is -2.13. The smallest absolute Gasteiger partial charge is 0.137 e. The molecule has 1 aliphatic rings. The fourth-order valence-electron chi connectivity index (χ4n) is 3.09. The average molecular weight is 304 g/mol. The topological polar surface area (TPSA) is 34.1 Å². The van der Waals surface area contributed by atoms with Gasteiger partial charge in [0.05, 0.1) is 0 Å². The lowest BCUT2D eigenvalue weighted by Gasteiger charge is -2.17. The number of hydrogen-bond acceptors (Lipinski definition) is 2. The summed E-state index contributed by atoms with van der Waals surface area (Å²) in [5.74, 6) is 1.66. The van der Waals surface area contributed by atoms with Crippen molar-refractivity contribution < 1.29 is 9.59 Å². The minimum absolute atomic E-state index is 0.171. The van der Waals surface area contributed by atoms with E-state index in [1.165, 1.54) is 5.57 Å². The minimum atomic E-state index is 0.171. The summed E-state index contributed by atoms with van der Waals surface area (Å²) in [5, 5.41) is 0. The Labute approximate surface area is 136 Å². The second-order valence-corrected chi connectivity index (χ2v) is 7.52. The molecule has 0 spiro atoms. The molecule has 0 unspecified atom stereocenters. The van der Waals surface area contributed by atoms with Crippen molar-refractivity contribution in [2.24, 2.45) is 17.8 Å². The van der Waals surface area contributed by atoms with Crippen molar-refractivity contribution in [1.82, 2.24) is 0 Å². The predicted molar refractivity (Wildman–Crippen MR) is 92.7 cm³/mol. The Morgan fingerprint density at radius 1 is 0.955 bits per heavy atom. The molecule has 0 fully saturated rings. The highest BCUT2D eigenvalue weighted by molar-refractivity contribution is 5.83. The van der Waals surface area contributed by atoms with Crippen molar-refractivity contribution in [3.8, 4) is 0 Å². The summed E-state index contributed by atoms with van der Waals surface area (Å²) in [4.78, 5) is 24.2. The molecular weight excluding hydrogens is 272 g/mol. The summed E-state index contributed by atoms with van der Waals surface area (Å²) >= 11 is 0. The van der Waals surface area contributed by atoms with Crippen LogP contribution in [0.3, 0.4) is 0 Å². The molecule has 0 radical (unpaired) electrons. The molecule has 0 aliphatic heterocycles. The molecule has 1 aliphatic carbocycles. The molecule has 22 heavy (non-hydrogen) atoms. The Morgan fingerprint density at radius 2 is 1.55 bits per heavy atom. The molecule has 2 atom stereocenters. The molecule has 0 saturated carbocycles. The SMILES string of the molecule is C/C1=C\C=C(/C(C)C)CC[C@@H](C)CC(=O)C[C@@H](C)CC(=O)C1. The standard InChI is InChI=1S/C20H32O2/c1-14(2)18-8-6-15(3)10-19(21)12-17(5)13-20(22)11-16(4)7-9-18/h6,8,14,16-17H,7,9-13H2,1-5H3/b15-6+,18-8-/t16-,17+/m1/s1. The summed E-state index contributed by atoms with van der Waals surface area (Å²) in [6, 6.07) is 0. The zero-order valence-electron chi connectivity index (χ0n) is 14.9. The third-order valence-electron chi connectivity index (χ3n) is 4.45. The van der Waals surface area contributed by atoms with Gasteiger partial charge in [-0.1, -0.05) is 51.0 Å². The van der Waals surface area contributed by atoms with E-state index in [4.69, 9.17) is 0 Å². The monoisotopic (exact) mass is 304 g/mol. The van der Waals surface area contributed by atoms with Gasteiger partial charge in [-0.3, -0.25) is 9.59 Å².